The molecule has 1 rings (SSSR count). The van der Waals surface area contributed by atoms with E-state index in [0.29, 0.717) is 38.4 Å². The summed E-state index contributed by atoms with van der Waals surface area (Å²) >= 11 is 0. The van der Waals surface area contributed by atoms with Crippen molar-refractivity contribution in [1.29, 1.82) is 0 Å². The smallest absolute Gasteiger partial charge is 0.320 e. The number of carbonyl (C=O) groups is 1. The zero-order valence-electron chi connectivity index (χ0n) is 12.0. The maximum absolute atomic E-state index is 12.4. The van der Waals surface area contributed by atoms with Gasteiger partial charge in [0.05, 0.1) is 25.3 Å². The van der Waals surface area contributed by atoms with Gasteiger partial charge in [0.15, 0.2) is 0 Å². The fourth-order valence-corrected chi connectivity index (χ4v) is 2.75. The van der Waals surface area contributed by atoms with E-state index < -0.39 is 0 Å². The number of amides is 2. The van der Waals surface area contributed by atoms with Crippen molar-refractivity contribution in [3.05, 3.63) is 0 Å². The van der Waals surface area contributed by atoms with Crippen molar-refractivity contribution >= 4 is 6.03 Å². The molecule has 5 heteroatoms. The van der Waals surface area contributed by atoms with E-state index in [1.807, 2.05) is 9.80 Å². The molecule has 1 heterocycles. The second kappa shape index (κ2) is 7.59. The van der Waals surface area contributed by atoms with Gasteiger partial charge in [-0.25, -0.2) is 4.79 Å². The van der Waals surface area contributed by atoms with Gasteiger partial charge in [0.2, 0.25) is 0 Å². The number of carbonyl (C=O) groups excluding carboxylic acids is 1. The Labute approximate surface area is 110 Å². The van der Waals surface area contributed by atoms with Crippen LogP contribution in [0.3, 0.4) is 0 Å². The number of hydrogen-bond acceptors (Lipinski definition) is 3. The second-order valence-electron chi connectivity index (χ2n) is 4.61. The summed E-state index contributed by atoms with van der Waals surface area (Å²) in [5.41, 5.74) is 0. The summed E-state index contributed by atoms with van der Waals surface area (Å²) < 4.78 is 10.2. The molecule has 2 unspecified atom stereocenters. The number of ether oxygens (including phenoxy) is 2. The molecule has 1 aliphatic rings. The van der Waals surface area contributed by atoms with E-state index in [4.69, 9.17) is 9.47 Å². The molecule has 0 radical (unpaired) electrons. The monoisotopic (exact) mass is 258 g/mol. The molecular weight excluding hydrogens is 232 g/mol. The quantitative estimate of drug-likeness (QED) is 0.663. The first-order valence-electron chi connectivity index (χ1n) is 6.76. The molecule has 0 N–H and O–H groups in total. The molecule has 0 aliphatic carbocycles. The summed E-state index contributed by atoms with van der Waals surface area (Å²) in [6.45, 7) is 6.82. The maximum atomic E-state index is 12.4. The Hall–Kier alpha value is -0.810. The van der Waals surface area contributed by atoms with Crippen molar-refractivity contribution in [2.45, 2.75) is 38.8 Å². The zero-order valence-corrected chi connectivity index (χ0v) is 12.0. The average molecular weight is 258 g/mol. The normalized spacial score (nSPS) is 24.1. The van der Waals surface area contributed by atoms with E-state index in [2.05, 4.69) is 13.8 Å². The zero-order chi connectivity index (χ0) is 13.5. The highest BCUT2D eigenvalue weighted by molar-refractivity contribution is 5.78. The Morgan fingerprint density at radius 3 is 1.61 bits per heavy atom. The molecule has 0 aromatic carbocycles. The van der Waals surface area contributed by atoms with Crippen LogP contribution in [0.1, 0.15) is 26.7 Å². The predicted molar refractivity (Wildman–Crippen MR) is 70.7 cm³/mol. The van der Waals surface area contributed by atoms with Crippen LogP contribution < -0.4 is 0 Å². The third-order valence-corrected chi connectivity index (χ3v) is 3.65. The standard InChI is InChI=1S/C13H26N2O3/c1-5-11-12(6-2)15(8-10-18-4)13(16)14(11)7-9-17-3/h11-12H,5-10H2,1-4H3. The van der Waals surface area contributed by atoms with Crippen molar-refractivity contribution < 1.29 is 14.3 Å². The van der Waals surface area contributed by atoms with Crippen molar-refractivity contribution in [2.75, 3.05) is 40.5 Å². The van der Waals surface area contributed by atoms with E-state index in [1.165, 1.54) is 0 Å². The number of urea groups is 1. The van der Waals surface area contributed by atoms with Gasteiger partial charge in [0.25, 0.3) is 0 Å². The molecule has 0 bridgehead atoms. The molecule has 1 aliphatic heterocycles. The predicted octanol–water partition coefficient (Wildman–Crippen LogP) is 1.57. The van der Waals surface area contributed by atoms with E-state index >= 15 is 0 Å². The Morgan fingerprint density at radius 2 is 1.33 bits per heavy atom. The van der Waals surface area contributed by atoms with Gasteiger partial charge in [-0.1, -0.05) is 13.8 Å². The lowest BCUT2D eigenvalue weighted by atomic mass is 10.0. The van der Waals surface area contributed by atoms with Gasteiger partial charge < -0.3 is 19.3 Å². The number of hydrogen-bond donors (Lipinski definition) is 0. The summed E-state index contributed by atoms with van der Waals surface area (Å²) in [6.07, 6.45) is 1.97. The highest BCUT2D eigenvalue weighted by atomic mass is 16.5. The minimum absolute atomic E-state index is 0.128. The largest absolute Gasteiger partial charge is 0.383 e. The number of rotatable bonds is 8. The van der Waals surface area contributed by atoms with Gasteiger partial charge in [-0.05, 0) is 12.8 Å². The van der Waals surface area contributed by atoms with Crippen LogP contribution >= 0.6 is 0 Å². The van der Waals surface area contributed by atoms with Crippen molar-refractivity contribution in [1.82, 2.24) is 9.80 Å². The molecule has 5 nitrogen and oxygen atoms in total. The molecule has 2 atom stereocenters. The van der Waals surface area contributed by atoms with Crippen molar-refractivity contribution in [3.63, 3.8) is 0 Å². The summed E-state index contributed by atoms with van der Waals surface area (Å²) in [5, 5.41) is 0. The summed E-state index contributed by atoms with van der Waals surface area (Å²) in [4.78, 5) is 16.3. The van der Waals surface area contributed by atoms with Gasteiger partial charge in [0, 0.05) is 27.3 Å². The summed E-state index contributed by atoms with van der Waals surface area (Å²) in [5.74, 6) is 0. The second-order valence-corrected chi connectivity index (χ2v) is 4.61. The molecule has 2 amide bonds. The third-order valence-electron chi connectivity index (χ3n) is 3.65. The summed E-state index contributed by atoms with van der Waals surface area (Å²) in [7, 11) is 3.34. The SMILES string of the molecule is CCC1C(CC)N(CCOC)C(=O)N1CCOC. The number of nitrogens with zero attached hydrogens (tertiary/aromatic N) is 2. The first-order chi connectivity index (χ1) is 8.71. The van der Waals surface area contributed by atoms with Crippen LogP contribution in [0, 0.1) is 0 Å². The fraction of sp³-hybridized carbons (Fsp3) is 0.923. The van der Waals surface area contributed by atoms with Gasteiger partial charge in [-0.3, -0.25) is 0 Å². The van der Waals surface area contributed by atoms with E-state index in [0.717, 1.165) is 12.8 Å². The molecule has 0 saturated carbocycles. The van der Waals surface area contributed by atoms with E-state index in [1.54, 1.807) is 14.2 Å². The minimum Gasteiger partial charge on any atom is -0.383 e. The maximum Gasteiger partial charge on any atom is 0.320 e. The Bertz CT molecular complexity index is 237. The molecule has 0 spiro atoms. The number of methoxy groups -OCH3 is 2. The Kier molecular flexibility index (Phi) is 6.43. The van der Waals surface area contributed by atoms with Crippen LogP contribution in [-0.4, -0.2) is 68.4 Å². The molecular formula is C13H26N2O3. The Balaban J connectivity index is 2.75. The first-order valence-corrected chi connectivity index (χ1v) is 6.76. The van der Waals surface area contributed by atoms with Gasteiger partial charge in [0.1, 0.15) is 0 Å². The summed E-state index contributed by atoms with van der Waals surface area (Å²) in [6, 6.07) is 0.729. The minimum atomic E-state index is 0.128. The molecule has 1 fully saturated rings. The van der Waals surface area contributed by atoms with Gasteiger partial charge >= 0.3 is 6.03 Å². The molecule has 18 heavy (non-hydrogen) atoms. The lowest BCUT2D eigenvalue weighted by molar-refractivity contribution is 0.136. The lowest BCUT2D eigenvalue weighted by Gasteiger charge is -2.25. The lowest BCUT2D eigenvalue weighted by Crippen LogP contribution is -2.38. The molecule has 106 valence electrons. The first kappa shape index (κ1) is 15.2. The van der Waals surface area contributed by atoms with Crippen molar-refractivity contribution in [3.8, 4) is 0 Å². The van der Waals surface area contributed by atoms with E-state index in [9.17, 15) is 4.79 Å². The van der Waals surface area contributed by atoms with Crippen LogP contribution in [0.2, 0.25) is 0 Å². The van der Waals surface area contributed by atoms with Crippen LogP contribution in [0.25, 0.3) is 0 Å². The van der Waals surface area contributed by atoms with Gasteiger partial charge in [-0.2, -0.15) is 0 Å². The Morgan fingerprint density at radius 1 is 0.944 bits per heavy atom. The van der Waals surface area contributed by atoms with Crippen LogP contribution in [0.4, 0.5) is 4.79 Å². The third kappa shape index (κ3) is 3.14. The van der Waals surface area contributed by atoms with E-state index in [-0.39, 0.29) is 6.03 Å². The fourth-order valence-electron chi connectivity index (χ4n) is 2.75. The highest BCUT2D eigenvalue weighted by Gasteiger charge is 2.42. The van der Waals surface area contributed by atoms with Crippen LogP contribution in [0.15, 0.2) is 0 Å². The average Bonchev–Trinajstić information content (AvgIpc) is 2.65. The molecule has 1 saturated heterocycles. The topological polar surface area (TPSA) is 42.0 Å². The van der Waals surface area contributed by atoms with Crippen LogP contribution in [-0.2, 0) is 9.47 Å². The molecule has 0 aromatic rings. The highest BCUT2D eigenvalue weighted by Crippen LogP contribution is 2.27. The van der Waals surface area contributed by atoms with Gasteiger partial charge in [-0.15, -0.1) is 0 Å². The van der Waals surface area contributed by atoms with Crippen molar-refractivity contribution in [2.24, 2.45) is 0 Å². The molecule has 0 aromatic heterocycles. The van der Waals surface area contributed by atoms with Crippen LogP contribution in [0.5, 0.6) is 0 Å².